The van der Waals surface area contributed by atoms with Crippen molar-refractivity contribution < 1.29 is 27.2 Å². The van der Waals surface area contributed by atoms with Crippen LogP contribution in [0.4, 0.5) is 18.9 Å². The van der Waals surface area contributed by atoms with Crippen LogP contribution in [-0.4, -0.2) is 17.5 Å². The van der Waals surface area contributed by atoms with Gasteiger partial charge in [-0.05, 0) is 55.2 Å². The van der Waals surface area contributed by atoms with Gasteiger partial charge in [-0.1, -0.05) is 54.6 Å². The van der Waals surface area contributed by atoms with Crippen molar-refractivity contribution >= 4 is 23.2 Å². The lowest BCUT2D eigenvalue weighted by Crippen LogP contribution is -2.22. The van der Waals surface area contributed by atoms with Crippen molar-refractivity contribution in [1.82, 2.24) is 5.43 Å². The SMILES string of the molecule is Cc1c(C(=O)Nc2ccccc2C(F)(F)F)oc2c1/C(=N/NC(=O)c1ccc(-c3ccccc3)cc1)CCC2. The number of aryl methyl sites for hydroxylation is 1. The number of carbonyl (C=O) groups excluding carboxylic acids is 2. The predicted molar refractivity (Wildman–Crippen MR) is 142 cm³/mol. The molecule has 0 bridgehead atoms. The Morgan fingerprint density at radius 1 is 0.846 bits per heavy atom. The smallest absolute Gasteiger partial charge is 0.418 e. The molecule has 1 aliphatic carbocycles. The lowest BCUT2D eigenvalue weighted by atomic mass is 9.93. The maximum atomic E-state index is 13.4. The summed E-state index contributed by atoms with van der Waals surface area (Å²) in [6, 6.07) is 21.7. The van der Waals surface area contributed by atoms with Crippen molar-refractivity contribution in [3.63, 3.8) is 0 Å². The van der Waals surface area contributed by atoms with E-state index >= 15 is 0 Å². The number of hydrazone groups is 1. The number of amides is 2. The van der Waals surface area contributed by atoms with E-state index in [4.69, 9.17) is 4.42 Å². The largest absolute Gasteiger partial charge is 0.455 e. The number of furan rings is 1. The first kappa shape index (κ1) is 26.0. The third-order valence-electron chi connectivity index (χ3n) is 6.56. The van der Waals surface area contributed by atoms with E-state index in [1.165, 1.54) is 18.2 Å². The molecule has 0 spiro atoms. The number of nitrogens with one attached hydrogen (secondary N) is 2. The van der Waals surface area contributed by atoms with E-state index in [1.807, 2.05) is 42.5 Å². The predicted octanol–water partition coefficient (Wildman–Crippen LogP) is 7.00. The molecule has 2 N–H and O–H groups in total. The van der Waals surface area contributed by atoms with E-state index in [1.54, 1.807) is 19.1 Å². The molecule has 3 aromatic carbocycles. The number of hydrogen-bond acceptors (Lipinski definition) is 4. The van der Waals surface area contributed by atoms with Gasteiger partial charge in [0.15, 0.2) is 5.76 Å². The zero-order valence-electron chi connectivity index (χ0n) is 20.9. The third-order valence-corrected chi connectivity index (χ3v) is 6.56. The zero-order valence-corrected chi connectivity index (χ0v) is 20.9. The average molecular weight is 532 g/mol. The standard InChI is InChI=1S/C30H24F3N3O3/c1-18-26-24(35-36-28(37)21-16-14-20(15-17-21)19-8-3-2-4-9-19)12-7-13-25(26)39-27(18)29(38)34-23-11-6-5-10-22(23)30(31,32)33/h2-6,8-11,14-17H,7,12-13H2,1H3,(H,34,38)(H,36,37)/b35-24+. The molecular formula is C30H24F3N3O3. The van der Waals surface area contributed by atoms with Crippen molar-refractivity contribution in [3.05, 3.63) is 113 Å². The van der Waals surface area contributed by atoms with Crippen LogP contribution in [0.3, 0.4) is 0 Å². The van der Waals surface area contributed by atoms with Crippen LogP contribution in [0.2, 0.25) is 0 Å². The molecular weight excluding hydrogens is 507 g/mol. The minimum absolute atomic E-state index is 0.0885. The molecule has 1 heterocycles. The molecule has 0 saturated heterocycles. The number of benzene rings is 3. The molecule has 6 nitrogen and oxygen atoms in total. The normalized spacial score (nSPS) is 14.1. The molecule has 1 aliphatic rings. The summed E-state index contributed by atoms with van der Waals surface area (Å²) >= 11 is 0. The van der Waals surface area contributed by atoms with Gasteiger partial charge in [-0.2, -0.15) is 18.3 Å². The van der Waals surface area contributed by atoms with Gasteiger partial charge in [0.1, 0.15) is 5.76 Å². The molecule has 0 saturated carbocycles. The second-order valence-corrected chi connectivity index (χ2v) is 9.15. The Morgan fingerprint density at radius 2 is 1.51 bits per heavy atom. The van der Waals surface area contributed by atoms with E-state index in [2.05, 4.69) is 15.8 Å². The van der Waals surface area contributed by atoms with Gasteiger partial charge >= 0.3 is 6.18 Å². The number of halogens is 3. The van der Waals surface area contributed by atoms with Crippen molar-refractivity contribution in [2.45, 2.75) is 32.4 Å². The lowest BCUT2D eigenvalue weighted by molar-refractivity contribution is -0.136. The third kappa shape index (κ3) is 5.47. The summed E-state index contributed by atoms with van der Waals surface area (Å²) in [7, 11) is 0. The summed E-state index contributed by atoms with van der Waals surface area (Å²) < 4.78 is 45.9. The summed E-state index contributed by atoms with van der Waals surface area (Å²) in [6.07, 6.45) is -2.87. The second kappa shape index (κ2) is 10.6. The van der Waals surface area contributed by atoms with Gasteiger partial charge in [0.25, 0.3) is 11.8 Å². The van der Waals surface area contributed by atoms with Gasteiger partial charge in [0.05, 0.1) is 17.0 Å². The van der Waals surface area contributed by atoms with Gasteiger partial charge in [-0.25, -0.2) is 5.43 Å². The first-order chi connectivity index (χ1) is 18.7. The molecule has 9 heteroatoms. The fraction of sp³-hybridized carbons (Fsp3) is 0.167. The maximum absolute atomic E-state index is 13.4. The Bertz CT molecular complexity index is 1560. The van der Waals surface area contributed by atoms with Crippen LogP contribution in [0.25, 0.3) is 11.1 Å². The Kier molecular flexibility index (Phi) is 7.06. The monoisotopic (exact) mass is 531 g/mol. The highest BCUT2D eigenvalue weighted by Crippen LogP contribution is 2.35. The highest BCUT2D eigenvalue weighted by atomic mass is 19.4. The topological polar surface area (TPSA) is 83.7 Å². The molecule has 1 aromatic heterocycles. The number of anilines is 1. The second-order valence-electron chi connectivity index (χ2n) is 9.15. The van der Waals surface area contributed by atoms with Crippen LogP contribution in [-0.2, 0) is 12.6 Å². The summed E-state index contributed by atoms with van der Waals surface area (Å²) in [5, 5.41) is 6.65. The van der Waals surface area contributed by atoms with E-state index < -0.39 is 23.6 Å². The lowest BCUT2D eigenvalue weighted by Gasteiger charge is -2.13. The number of fused-ring (bicyclic) bond motifs is 1. The van der Waals surface area contributed by atoms with Gasteiger partial charge in [-0.3, -0.25) is 9.59 Å². The van der Waals surface area contributed by atoms with Gasteiger partial charge in [0.2, 0.25) is 0 Å². The van der Waals surface area contributed by atoms with Crippen LogP contribution >= 0.6 is 0 Å². The van der Waals surface area contributed by atoms with Crippen LogP contribution in [0.1, 0.15) is 56.2 Å². The molecule has 198 valence electrons. The van der Waals surface area contributed by atoms with Crippen molar-refractivity contribution in [1.29, 1.82) is 0 Å². The summed E-state index contributed by atoms with van der Waals surface area (Å²) in [5.74, 6) is -0.764. The van der Waals surface area contributed by atoms with Crippen LogP contribution in [0, 0.1) is 6.92 Å². The quantitative estimate of drug-likeness (QED) is 0.272. The summed E-state index contributed by atoms with van der Waals surface area (Å²) in [6.45, 7) is 1.65. The first-order valence-electron chi connectivity index (χ1n) is 12.3. The molecule has 4 aromatic rings. The van der Waals surface area contributed by atoms with Crippen molar-refractivity contribution in [3.8, 4) is 11.1 Å². The molecule has 2 amide bonds. The number of rotatable bonds is 5. The number of nitrogens with zero attached hydrogens (tertiary/aromatic N) is 1. The molecule has 5 rings (SSSR count). The molecule has 0 radical (unpaired) electrons. The maximum Gasteiger partial charge on any atom is 0.418 e. The van der Waals surface area contributed by atoms with Crippen LogP contribution in [0.5, 0.6) is 0 Å². The average Bonchev–Trinajstić information content (AvgIpc) is 3.29. The van der Waals surface area contributed by atoms with E-state index in [9.17, 15) is 22.8 Å². The number of hydrogen-bond donors (Lipinski definition) is 2. The molecule has 0 fully saturated rings. The highest BCUT2D eigenvalue weighted by molar-refractivity contribution is 6.09. The van der Waals surface area contributed by atoms with E-state index in [-0.39, 0.29) is 11.4 Å². The molecule has 0 aliphatic heterocycles. The van der Waals surface area contributed by atoms with Gasteiger partial charge in [0, 0.05) is 23.1 Å². The number of alkyl halides is 3. The van der Waals surface area contributed by atoms with Crippen molar-refractivity contribution in [2.75, 3.05) is 5.32 Å². The van der Waals surface area contributed by atoms with E-state index in [0.717, 1.165) is 17.2 Å². The highest BCUT2D eigenvalue weighted by Gasteiger charge is 2.34. The van der Waals surface area contributed by atoms with Gasteiger partial charge in [-0.15, -0.1) is 0 Å². The first-order valence-corrected chi connectivity index (χ1v) is 12.3. The summed E-state index contributed by atoms with van der Waals surface area (Å²) in [4.78, 5) is 25.7. The Morgan fingerprint density at radius 3 is 2.23 bits per heavy atom. The fourth-order valence-electron chi connectivity index (χ4n) is 4.64. The van der Waals surface area contributed by atoms with Gasteiger partial charge < -0.3 is 9.73 Å². The molecule has 39 heavy (non-hydrogen) atoms. The molecule has 0 atom stereocenters. The fourth-order valence-corrected chi connectivity index (χ4v) is 4.64. The minimum Gasteiger partial charge on any atom is -0.455 e. The summed E-state index contributed by atoms with van der Waals surface area (Å²) in [5.41, 5.74) is 5.31. The van der Waals surface area contributed by atoms with Crippen LogP contribution in [0.15, 0.2) is 88.4 Å². The van der Waals surface area contributed by atoms with Crippen molar-refractivity contribution in [2.24, 2.45) is 5.10 Å². The van der Waals surface area contributed by atoms with Crippen LogP contribution < -0.4 is 10.7 Å². The molecule has 0 unspecified atom stereocenters. The minimum atomic E-state index is -4.62. The number of para-hydroxylation sites is 1. The zero-order chi connectivity index (χ0) is 27.6. The Labute approximate surface area is 222 Å². The Hall–Kier alpha value is -4.66. The number of carbonyl (C=O) groups is 2. The Balaban J connectivity index is 1.34. The van der Waals surface area contributed by atoms with E-state index in [0.29, 0.717) is 47.4 Å².